The molecule has 0 spiro atoms. The molecule has 2 aliphatic heterocycles. The molecule has 28 heavy (non-hydrogen) atoms. The van der Waals surface area contributed by atoms with Crippen molar-refractivity contribution in [2.24, 2.45) is 0 Å². The largest absolute Gasteiger partial charge is 0.341 e. The van der Waals surface area contributed by atoms with Crippen LogP contribution in [0.3, 0.4) is 0 Å². The van der Waals surface area contributed by atoms with Crippen molar-refractivity contribution in [1.29, 1.82) is 0 Å². The molecular formula is C20H20BrN3O2S2. The monoisotopic (exact) mass is 477 g/mol. The summed E-state index contributed by atoms with van der Waals surface area (Å²) in [5.74, 6) is 0.0567. The molecule has 0 aliphatic carbocycles. The Hall–Kier alpha value is -1.64. The lowest BCUT2D eigenvalue weighted by atomic mass is 10.1. The molecule has 2 aromatic rings. The molecular weight excluding hydrogens is 458 g/mol. The highest BCUT2D eigenvalue weighted by molar-refractivity contribution is 9.10. The molecule has 0 unspecified atom stereocenters. The van der Waals surface area contributed by atoms with Gasteiger partial charge in [0.05, 0.1) is 4.91 Å². The molecule has 0 saturated carbocycles. The average Bonchev–Trinajstić information content (AvgIpc) is 3.14. The smallest absolute Gasteiger partial charge is 0.265 e. The molecule has 0 radical (unpaired) electrons. The van der Waals surface area contributed by atoms with Crippen molar-refractivity contribution in [1.82, 2.24) is 14.4 Å². The van der Waals surface area contributed by atoms with Gasteiger partial charge in [0.1, 0.15) is 10.9 Å². The zero-order valence-electron chi connectivity index (χ0n) is 15.5. The third kappa shape index (κ3) is 3.77. The molecule has 146 valence electrons. The quantitative estimate of drug-likeness (QED) is 0.489. The van der Waals surface area contributed by atoms with Crippen LogP contribution >= 0.6 is 39.9 Å². The van der Waals surface area contributed by atoms with Crippen LogP contribution in [0.5, 0.6) is 0 Å². The van der Waals surface area contributed by atoms with Gasteiger partial charge in [-0.2, -0.15) is 0 Å². The number of piperidine rings is 1. The van der Waals surface area contributed by atoms with E-state index in [9.17, 15) is 9.59 Å². The minimum absolute atomic E-state index is 0.0877. The summed E-state index contributed by atoms with van der Waals surface area (Å²) in [5.41, 5.74) is 1.89. The van der Waals surface area contributed by atoms with Crippen molar-refractivity contribution in [2.45, 2.75) is 25.8 Å². The number of amides is 2. The van der Waals surface area contributed by atoms with Gasteiger partial charge in [0, 0.05) is 47.3 Å². The Morgan fingerprint density at radius 2 is 2.04 bits per heavy atom. The van der Waals surface area contributed by atoms with Crippen LogP contribution in [0.1, 0.15) is 24.8 Å². The number of hydrogen-bond acceptors (Lipinski definition) is 4. The molecule has 0 bridgehead atoms. The van der Waals surface area contributed by atoms with E-state index < -0.39 is 0 Å². The summed E-state index contributed by atoms with van der Waals surface area (Å²) >= 11 is 10.1. The Labute approximate surface area is 181 Å². The summed E-state index contributed by atoms with van der Waals surface area (Å²) in [7, 11) is 1.69. The lowest BCUT2D eigenvalue weighted by molar-refractivity contribution is -0.132. The number of rotatable bonds is 3. The topological polar surface area (TPSA) is 45.6 Å². The van der Waals surface area contributed by atoms with Crippen LogP contribution in [-0.2, 0) is 16.1 Å². The van der Waals surface area contributed by atoms with Gasteiger partial charge in [-0.3, -0.25) is 14.5 Å². The molecule has 3 heterocycles. The highest BCUT2D eigenvalue weighted by atomic mass is 79.9. The molecule has 2 saturated heterocycles. The van der Waals surface area contributed by atoms with Crippen LogP contribution in [0.2, 0.25) is 0 Å². The van der Waals surface area contributed by atoms with E-state index in [4.69, 9.17) is 12.2 Å². The first-order valence-electron chi connectivity index (χ1n) is 9.22. The van der Waals surface area contributed by atoms with Crippen molar-refractivity contribution in [3.05, 3.63) is 39.3 Å². The van der Waals surface area contributed by atoms with Gasteiger partial charge in [-0.1, -0.05) is 39.9 Å². The number of aromatic nitrogens is 1. The van der Waals surface area contributed by atoms with Gasteiger partial charge in [-0.05, 0) is 43.5 Å². The van der Waals surface area contributed by atoms with Crippen LogP contribution in [0.25, 0.3) is 17.0 Å². The number of benzene rings is 1. The second-order valence-corrected chi connectivity index (χ2v) is 9.65. The Kier molecular flexibility index (Phi) is 5.62. The van der Waals surface area contributed by atoms with Gasteiger partial charge in [0.25, 0.3) is 5.91 Å². The van der Waals surface area contributed by atoms with Gasteiger partial charge >= 0.3 is 0 Å². The van der Waals surface area contributed by atoms with Gasteiger partial charge < -0.3 is 9.47 Å². The van der Waals surface area contributed by atoms with E-state index >= 15 is 0 Å². The van der Waals surface area contributed by atoms with Crippen LogP contribution in [0.15, 0.2) is 33.8 Å². The Bertz CT molecular complexity index is 1010. The molecule has 2 aliphatic rings. The van der Waals surface area contributed by atoms with Gasteiger partial charge in [0.2, 0.25) is 5.91 Å². The number of fused-ring (bicyclic) bond motifs is 1. The van der Waals surface area contributed by atoms with E-state index in [0.29, 0.717) is 15.8 Å². The summed E-state index contributed by atoms with van der Waals surface area (Å²) in [6, 6.07) is 6.00. The first kappa shape index (κ1) is 19.7. The number of carbonyl (C=O) groups excluding carboxylic acids is 2. The number of halogens is 1. The van der Waals surface area contributed by atoms with Crippen LogP contribution in [0.4, 0.5) is 0 Å². The van der Waals surface area contributed by atoms with E-state index in [1.54, 1.807) is 7.05 Å². The van der Waals surface area contributed by atoms with E-state index in [0.717, 1.165) is 46.9 Å². The molecule has 0 atom stereocenters. The molecule has 5 nitrogen and oxygen atoms in total. The minimum Gasteiger partial charge on any atom is -0.341 e. The molecule has 1 aromatic carbocycles. The van der Waals surface area contributed by atoms with E-state index in [-0.39, 0.29) is 11.8 Å². The first-order valence-corrected chi connectivity index (χ1v) is 11.2. The van der Waals surface area contributed by atoms with E-state index in [1.807, 2.05) is 39.9 Å². The van der Waals surface area contributed by atoms with Gasteiger partial charge in [-0.25, -0.2) is 0 Å². The van der Waals surface area contributed by atoms with Crippen molar-refractivity contribution in [3.63, 3.8) is 0 Å². The van der Waals surface area contributed by atoms with Gasteiger partial charge in [-0.15, -0.1) is 0 Å². The number of thioether (sulfide) groups is 1. The summed E-state index contributed by atoms with van der Waals surface area (Å²) in [6.45, 7) is 1.99. The number of thiocarbonyl (C=S) groups is 1. The van der Waals surface area contributed by atoms with E-state index in [2.05, 4.69) is 15.9 Å². The summed E-state index contributed by atoms with van der Waals surface area (Å²) in [5, 5.41) is 1.00. The zero-order valence-corrected chi connectivity index (χ0v) is 18.7. The lowest BCUT2D eigenvalue weighted by Crippen LogP contribution is -2.37. The van der Waals surface area contributed by atoms with Crippen molar-refractivity contribution in [2.75, 3.05) is 20.1 Å². The molecule has 1 aromatic heterocycles. The average molecular weight is 478 g/mol. The normalized spacial score (nSPS) is 19.3. The predicted octanol–water partition coefficient (Wildman–Crippen LogP) is 4.25. The molecule has 2 amide bonds. The van der Waals surface area contributed by atoms with Gasteiger partial charge in [0.15, 0.2) is 0 Å². The highest BCUT2D eigenvalue weighted by Crippen LogP contribution is 2.34. The SMILES string of the molecule is CN1C(=O)/C(=C/c2cn(CC(=O)N3CCCCC3)c3ccc(Br)cc23)SC1=S. The number of hydrogen-bond donors (Lipinski definition) is 0. The van der Waals surface area contributed by atoms with Crippen molar-refractivity contribution < 1.29 is 9.59 Å². The zero-order chi connectivity index (χ0) is 19.8. The van der Waals surface area contributed by atoms with Crippen LogP contribution < -0.4 is 0 Å². The second-order valence-electron chi connectivity index (χ2n) is 7.06. The fourth-order valence-corrected chi connectivity index (χ4v) is 5.15. The molecule has 2 fully saturated rings. The van der Waals surface area contributed by atoms with Crippen molar-refractivity contribution >= 4 is 73.0 Å². The standard InChI is InChI=1S/C20H20BrN3O2S2/c1-22-19(26)17(28-20(22)27)9-13-11-24(16-6-5-14(21)10-15(13)16)12-18(25)23-7-3-2-4-8-23/h5-6,9-11H,2-4,7-8,12H2,1H3/b17-9-. The summed E-state index contributed by atoms with van der Waals surface area (Å²) in [4.78, 5) is 29.2. The van der Waals surface area contributed by atoms with Crippen LogP contribution in [0, 0.1) is 0 Å². The molecule has 4 rings (SSSR count). The fraction of sp³-hybridized carbons (Fsp3) is 0.350. The Balaban J connectivity index is 1.70. The summed E-state index contributed by atoms with van der Waals surface area (Å²) < 4.78 is 3.50. The summed E-state index contributed by atoms with van der Waals surface area (Å²) in [6.07, 6.45) is 7.19. The second kappa shape index (κ2) is 8.00. The van der Waals surface area contributed by atoms with E-state index in [1.165, 1.54) is 23.1 Å². The first-order chi connectivity index (χ1) is 13.4. The minimum atomic E-state index is -0.0877. The third-order valence-corrected chi connectivity index (χ3v) is 7.14. The Morgan fingerprint density at radius 3 is 2.71 bits per heavy atom. The number of nitrogens with zero attached hydrogens (tertiary/aromatic N) is 3. The lowest BCUT2D eigenvalue weighted by Gasteiger charge is -2.27. The number of likely N-dealkylation sites (N-methyl/N-ethyl adjacent to an activating group) is 1. The third-order valence-electron chi connectivity index (χ3n) is 5.16. The number of carbonyl (C=O) groups is 2. The predicted molar refractivity (Wildman–Crippen MR) is 121 cm³/mol. The molecule has 8 heteroatoms. The maximum absolute atomic E-state index is 12.8. The maximum atomic E-state index is 12.8. The van der Waals surface area contributed by atoms with Crippen LogP contribution in [-0.4, -0.2) is 50.6 Å². The maximum Gasteiger partial charge on any atom is 0.265 e. The highest BCUT2D eigenvalue weighted by Gasteiger charge is 2.29. The number of likely N-dealkylation sites (tertiary alicyclic amines) is 1. The Morgan fingerprint density at radius 1 is 1.29 bits per heavy atom. The fourth-order valence-electron chi connectivity index (χ4n) is 3.62. The van der Waals surface area contributed by atoms with Crippen molar-refractivity contribution in [3.8, 4) is 0 Å². The molecule has 0 N–H and O–H groups in total.